The van der Waals surface area contributed by atoms with Crippen molar-refractivity contribution in [1.29, 1.82) is 0 Å². The van der Waals surface area contributed by atoms with E-state index < -0.39 is 26.9 Å². The molecule has 1 aromatic rings. The lowest BCUT2D eigenvalue weighted by atomic mass is 10.2. The van der Waals surface area contributed by atoms with E-state index in [9.17, 15) is 27.3 Å². The van der Waals surface area contributed by atoms with E-state index in [1.807, 2.05) is 0 Å². The first kappa shape index (κ1) is 17.5. The summed E-state index contributed by atoms with van der Waals surface area (Å²) in [5.41, 5.74) is -0.257. The minimum Gasteiger partial charge on any atom is -0.363 e. The zero-order valence-electron chi connectivity index (χ0n) is 12.5. The van der Waals surface area contributed by atoms with Gasteiger partial charge in [0.05, 0.1) is 11.5 Å². The minimum absolute atomic E-state index is 0.203. The highest BCUT2D eigenvalue weighted by Gasteiger charge is 2.30. The quantitative estimate of drug-likeness (QED) is 0.590. The maximum absolute atomic E-state index is 12.4. The number of alkyl halides is 2. The van der Waals surface area contributed by atoms with Crippen LogP contribution < -0.4 is 4.90 Å². The summed E-state index contributed by atoms with van der Waals surface area (Å²) in [6, 6.07) is 4.13. The molecule has 0 aliphatic carbocycles. The third kappa shape index (κ3) is 4.14. The molecule has 0 radical (unpaired) electrons. The van der Waals surface area contributed by atoms with E-state index in [1.165, 1.54) is 18.2 Å². The molecule has 0 unspecified atom stereocenters. The van der Waals surface area contributed by atoms with Crippen molar-refractivity contribution in [3.05, 3.63) is 28.3 Å². The smallest absolute Gasteiger partial charge is 0.311 e. The predicted molar refractivity (Wildman–Crippen MR) is 80.9 cm³/mol. The van der Waals surface area contributed by atoms with E-state index in [0.717, 1.165) is 6.26 Å². The SMILES string of the molecule is CS(=O)(=O)c1cccc(N2CCN(CC(F)F)CC2)c1[N+](=O)[O-]. The maximum Gasteiger partial charge on any atom is 0.311 e. The van der Waals surface area contributed by atoms with Crippen molar-refractivity contribution in [2.75, 3.05) is 43.9 Å². The summed E-state index contributed by atoms with van der Waals surface area (Å²) in [6.45, 7) is 0.982. The fraction of sp³-hybridized carbons (Fsp3) is 0.538. The second-order valence-corrected chi connectivity index (χ2v) is 7.32. The average Bonchev–Trinajstić information content (AvgIpc) is 2.45. The van der Waals surface area contributed by atoms with Gasteiger partial charge in [0.1, 0.15) is 10.6 Å². The van der Waals surface area contributed by atoms with Crippen LogP contribution in [-0.4, -0.2) is 63.6 Å². The lowest BCUT2D eigenvalue weighted by Crippen LogP contribution is -2.48. The van der Waals surface area contributed by atoms with Gasteiger partial charge in [-0.05, 0) is 12.1 Å². The third-order valence-electron chi connectivity index (χ3n) is 3.67. The van der Waals surface area contributed by atoms with Gasteiger partial charge < -0.3 is 4.90 Å². The lowest BCUT2D eigenvalue weighted by Gasteiger charge is -2.35. The van der Waals surface area contributed by atoms with Gasteiger partial charge in [-0.25, -0.2) is 17.2 Å². The van der Waals surface area contributed by atoms with E-state index in [1.54, 1.807) is 9.80 Å². The van der Waals surface area contributed by atoms with E-state index in [-0.39, 0.29) is 17.1 Å². The van der Waals surface area contributed by atoms with Gasteiger partial charge in [0, 0.05) is 32.4 Å². The Morgan fingerprint density at radius 1 is 1.26 bits per heavy atom. The summed E-state index contributed by atoms with van der Waals surface area (Å²) < 4.78 is 48.3. The Kier molecular flexibility index (Phi) is 5.15. The van der Waals surface area contributed by atoms with Crippen molar-refractivity contribution in [2.45, 2.75) is 11.3 Å². The highest BCUT2D eigenvalue weighted by Crippen LogP contribution is 2.35. The molecule has 23 heavy (non-hydrogen) atoms. The Morgan fingerprint density at radius 3 is 2.35 bits per heavy atom. The van der Waals surface area contributed by atoms with E-state index in [2.05, 4.69) is 0 Å². The van der Waals surface area contributed by atoms with Gasteiger partial charge in [-0.15, -0.1) is 0 Å². The number of hydrogen-bond donors (Lipinski definition) is 0. The van der Waals surface area contributed by atoms with Crippen molar-refractivity contribution >= 4 is 21.2 Å². The van der Waals surface area contributed by atoms with Gasteiger partial charge in [0.15, 0.2) is 9.84 Å². The van der Waals surface area contributed by atoms with Gasteiger partial charge in [0.25, 0.3) is 6.43 Å². The summed E-state index contributed by atoms with van der Waals surface area (Å²) in [5.74, 6) is 0. The Labute approximate surface area is 132 Å². The molecular weight excluding hydrogens is 332 g/mol. The molecule has 7 nitrogen and oxygen atoms in total. The van der Waals surface area contributed by atoms with Crippen molar-refractivity contribution in [3.8, 4) is 0 Å². The maximum atomic E-state index is 12.4. The number of nitro benzene ring substituents is 1. The predicted octanol–water partition coefficient (Wildman–Crippen LogP) is 1.39. The number of halogens is 2. The molecule has 128 valence electrons. The zero-order valence-corrected chi connectivity index (χ0v) is 13.3. The van der Waals surface area contributed by atoms with Crippen LogP contribution in [0.15, 0.2) is 23.1 Å². The molecule has 1 aromatic carbocycles. The summed E-state index contributed by atoms with van der Waals surface area (Å²) >= 11 is 0. The standard InChI is InChI=1S/C13H17F2N3O4S/c1-23(21,22)11-4-2-3-10(13(11)18(19)20)17-7-5-16(6-8-17)9-12(14)15/h2-4,12H,5-9H2,1H3. The number of hydrogen-bond acceptors (Lipinski definition) is 6. The highest BCUT2D eigenvalue weighted by atomic mass is 32.2. The monoisotopic (exact) mass is 349 g/mol. The Hall–Kier alpha value is -1.81. The molecule has 1 aliphatic rings. The fourth-order valence-electron chi connectivity index (χ4n) is 2.62. The zero-order chi connectivity index (χ0) is 17.2. The molecule has 0 spiro atoms. The van der Waals surface area contributed by atoms with E-state index in [4.69, 9.17) is 0 Å². The number of nitrogens with zero attached hydrogens (tertiary/aromatic N) is 3. The van der Waals surface area contributed by atoms with Crippen LogP contribution in [0.25, 0.3) is 0 Å². The van der Waals surface area contributed by atoms with Crippen LogP contribution in [0.5, 0.6) is 0 Å². The number of piperazine rings is 1. The molecule has 1 saturated heterocycles. The van der Waals surface area contributed by atoms with Crippen LogP contribution >= 0.6 is 0 Å². The second-order valence-electron chi connectivity index (χ2n) is 5.33. The molecule has 0 atom stereocenters. The van der Waals surface area contributed by atoms with Gasteiger partial charge >= 0.3 is 5.69 Å². The first-order chi connectivity index (χ1) is 10.7. The average molecular weight is 349 g/mol. The molecule has 0 aromatic heterocycles. The number of rotatable bonds is 5. The fourth-order valence-corrected chi connectivity index (χ4v) is 3.47. The van der Waals surface area contributed by atoms with Crippen LogP contribution in [-0.2, 0) is 9.84 Å². The molecule has 1 fully saturated rings. The number of sulfone groups is 1. The number of para-hydroxylation sites is 1. The second kappa shape index (κ2) is 6.75. The van der Waals surface area contributed by atoms with Crippen LogP contribution in [0, 0.1) is 10.1 Å². The third-order valence-corrected chi connectivity index (χ3v) is 4.80. The molecule has 0 amide bonds. The molecule has 0 N–H and O–H groups in total. The van der Waals surface area contributed by atoms with E-state index in [0.29, 0.717) is 26.2 Å². The molecule has 0 bridgehead atoms. The van der Waals surface area contributed by atoms with E-state index >= 15 is 0 Å². The highest BCUT2D eigenvalue weighted by molar-refractivity contribution is 7.90. The molecule has 2 rings (SSSR count). The van der Waals surface area contributed by atoms with Crippen molar-refractivity contribution in [1.82, 2.24) is 4.90 Å². The molecule has 10 heteroatoms. The summed E-state index contributed by atoms with van der Waals surface area (Å²) in [6.07, 6.45) is -1.51. The van der Waals surface area contributed by atoms with Gasteiger partial charge in [-0.2, -0.15) is 0 Å². The summed E-state index contributed by atoms with van der Waals surface area (Å²) in [7, 11) is -3.74. The van der Waals surface area contributed by atoms with Gasteiger partial charge in [-0.1, -0.05) is 6.07 Å². The number of anilines is 1. The first-order valence-corrected chi connectivity index (χ1v) is 8.82. The Balaban J connectivity index is 2.29. The van der Waals surface area contributed by atoms with Crippen molar-refractivity contribution < 1.29 is 22.1 Å². The first-order valence-electron chi connectivity index (χ1n) is 6.93. The molecular formula is C13H17F2N3O4S. The van der Waals surface area contributed by atoms with Crippen molar-refractivity contribution in [3.63, 3.8) is 0 Å². The van der Waals surface area contributed by atoms with Gasteiger partial charge in [-0.3, -0.25) is 15.0 Å². The van der Waals surface area contributed by atoms with Crippen molar-refractivity contribution in [2.24, 2.45) is 0 Å². The Bertz CT molecular complexity index is 688. The summed E-state index contributed by atoms with van der Waals surface area (Å²) in [4.78, 5) is 13.5. The molecule has 0 saturated carbocycles. The Morgan fingerprint density at radius 2 is 1.87 bits per heavy atom. The number of nitro groups is 1. The largest absolute Gasteiger partial charge is 0.363 e. The molecule has 1 heterocycles. The topological polar surface area (TPSA) is 83.8 Å². The summed E-state index contributed by atoms with van der Waals surface area (Å²) in [5, 5.41) is 11.3. The van der Waals surface area contributed by atoms with Crippen LogP contribution in [0.3, 0.4) is 0 Å². The van der Waals surface area contributed by atoms with Crippen LogP contribution in [0.2, 0.25) is 0 Å². The molecule has 1 aliphatic heterocycles. The van der Waals surface area contributed by atoms with Crippen LogP contribution in [0.4, 0.5) is 20.2 Å². The number of benzene rings is 1. The lowest BCUT2D eigenvalue weighted by molar-refractivity contribution is -0.387. The van der Waals surface area contributed by atoms with Crippen LogP contribution in [0.1, 0.15) is 0 Å². The van der Waals surface area contributed by atoms with Gasteiger partial charge in [0.2, 0.25) is 0 Å². The normalized spacial score (nSPS) is 16.8. The minimum atomic E-state index is -3.74.